The van der Waals surface area contributed by atoms with Crippen LogP contribution in [0, 0.1) is 11.8 Å². The van der Waals surface area contributed by atoms with Gasteiger partial charge in [-0.05, 0) is 25.7 Å². The number of nitrogens with zero attached hydrogens (tertiary/aromatic N) is 3. The highest BCUT2D eigenvalue weighted by atomic mass is 16.3. The molecule has 9 heteroatoms. The van der Waals surface area contributed by atoms with Crippen LogP contribution in [0.2, 0.25) is 0 Å². The first-order chi connectivity index (χ1) is 12.5. The highest BCUT2D eigenvalue weighted by Gasteiger charge is 2.40. The number of aliphatic hydroxyl groups excluding tert-OH is 1. The molecule has 1 aromatic rings. The van der Waals surface area contributed by atoms with Gasteiger partial charge in [0.15, 0.2) is 0 Å². The standard InChI is InChI=1S/C17H23N5O4/c18-15(24)10-1-5-22(6-2-10)17(26)11-7-12(14(23)8-11)21-16(25)13-9-19-3-4-20-13/h3-4,9-12,14,23H,1-2,5-8H2,(H2,18,24)(H,21,25)/t11-,12-,14-/m0/s1. The number of primary amides is 1. The molecule has 0 bridgehead atoms. The smallest absolute Gasteiger partial charge is 0.271 e. The second-order valence-corrected chi connectivity index (χ2v) is 6.91. The Bertz CT molecular complexity index is 675. The molecule has 0 radical (unpaired) electrons. The number of nitrogens with two attached hydrogens (primary N) is 1. The summed E-state index contributed by atoms with van der Waals surface area (Å²) >= 11 is 0. The van der Waals surface area contributed by atoms with E-state index < -0.39 is 18.1 Å². The molecule has 26 heavy (non-hydrogen) atoms. The minimum absolute atomic E-state index is 0.0387. The summed E-state index contributed by atoms with van der Waals surface area (Å²) in [6, 6.07) is -0.499. The van der Waals surface area contributed by atoms with Gasteiger partial charge in [-0.3, -0.25) is 19.4 Å². The normalized spacial score (nSPS) is 26.5. The molecule has 2 aliphatic rings. The average molecular weight is 361 g/mol. The van der Waals surface area contributed by atoms with E-state index >= 15 is 0 Å². The second kappa shape index (κ2) is 7.77. The lowest BCUT2D eigenvalue weighted by atomic mass is 9.95. The number of hydrogen-bond donors (Lipinski definition) is 3. The zero-order valence-electron chi connectivity index (χ0n) is 14.4. The van der Waals surface area contributed by atoms with Gasteiger partial charge in [-0.1, -0.05) is 0 Å². The molecule has 2 fully saturated rings. The maximum absolute atomic E-state index is 12.7. The van der Waals surface area contributed by atoms with E-state index in [1.165, 1.54) is 18.6 Å². The van der Waals surface area contributed by atoms with Crippen molar-refractivity contribution >= 4 is 17.7 Å². The van der Waals surface area contributed by atoms with E-state index in [0.717, 1.165) is 0 Å². The van der Waals surface area contributed by atoms with Crippen LogP contribution in [0.15, 0.2) is 18.6 Å². The van der Waals surface area contributed by atoms with Crippen molar-refractivity contribution in [1.82, 2.24) is 20.2 Å². The Hall–Kier alpha value is -2.55. The zero-order chi connectivity index (χ0) is 18.7. The summed E-state index contributed by atoms with van der Waals surface area (Å²) in [6.07, 6.45) is 5.28. The molecule has 3 amide bonds. The number of likely N-dealkylation sites (tertiary alicyclic amines) is 1. The van der Waals surface area contributed by atoms with Gasteiger partial charge in [0.2, 0.25) is 11.8 Å². The maximum Gasteiger partial charge on any atom is 0.271 e. The Kier molecular flexibility index (Phi) is 5.46. The van der Waals surface area contributed by atoms with Crippen molar-refractivity contribution in [3.63, 3.8) is 0 Å². The van der Waals surface area contributed by atoms with Crippen molar-refractivity contribution in [3.05, 3.63) is 24.3 Å². The van der Waals surface area contributed by atoms with E-state index in [-0.39, 0.29) is 29.3 Å². The van der Waals surface area contributed by atoms with Crippen molar-refractivity contribution in [1.29, 1.82) is 0 Å². The van der Waals surface area contributed by atoms with Crippen molar-refractivity contribution in [3.8, 4) is 0 Å². The Morgan fingerprint density at radius 1 is 1.15 bits per heavy atom. The molecular formula is C17H23N5O4. The summed E-state index contributed by atoms with van der Waals surface area (Å²) in [6.45, 7) is 0.991. The van der Waals surface area contributed by atoms with Crippen LogP contribution in [-0.4, -0.2) is 62.9 Å². The van der Waals surface area contributed by atoms with Gasteiger partial charge in [0.1, 0.15) is 5.69 Å². The van der Waals surface area contributed by atoms with Crippen molar-refractivity contribution in [2.45, 2.75) is 37.8 Å². The number of carbonyl (C=O) groups is 3. The van der Waals surface area contributed by atoms with E-state index in [0.29, 0.717) is 38.8 Å². The Morgan fingerprint density at radius 3 is 2.50 bits per heavy atom. The summed E-state index contributed by atoms with van der Waals surface area (Å²) in [4.78, 5) is 45.6. The molecule has 3 rings (SSSR count). The largest absolute Gasteiger partial charge is 0.391 e. The summed E-state index contributed by atoms with van der Waals surface area (Å²) in [5.74, 6) is -1.30. The quantitative estimate of drug-likeness (QED) is 0.633. The number of aromatic nitrogens is 2. The zero-order valence-corrected chi connectivity index (χ0v) is 14.4. The van der Waals surface area contributed by atoms with Crippen molar-refractivity contribution in [2.75, 3.05) is 13.1 Å². The SMILES string of the molecule is NC(=O)C1CCN(C(=O)[C@H]2C[C@H](NC(=O)c3cnccn3)[C@@H](O)C2)CC1. The average Bonchev–Trinajstić information content (AvgIpc) is 3.02. The van der Waals surface area contributed by atoms with Crippen LogP contribution >= 0.6 is 0 Å². The molecule has 0 spiro atoms. The summed E-state index contributed by atoms with van der Waals surface area (Å²) in [5.41, 5.74) is 5.49. The van der Waals surface area contributed by atoms with E-state index in [1.54, 1.807) is 4.90 Å². The van der Waals surface area contributed by atoms with Gasteiger partial charge in [-0.2, -0.15) is 0 Å². The Morgan fingerprint density at radius 2 is 1.88 bits per heavy atom. The van der Waals surface area contributed by atoms with Gasteiger partial charge in [-0.25, -0.2) is 4.98 Å². The number of rotatable bonds is 4. The number of hydrogen-bond acceptors (Lipinski definition) is 6. The van der Waals surface area contributed by atoms with Gasteiger partial charge in [-0.15, -0.1) is 0 Å². The fourth-order valence-electron chi connectivity index (χ4n) is 3.67. The predicted octanol–water partition coefficient (Wildman–Crippen LogP) is -0.930. The molecule has 140 valence electrons. The first-order valence-corrected chi connectivity index (χ1v) is 8.78. The predicted molar refractivity (Wildman–Crippen MR) is 90.5 cm³/mol. The number of piperidine rings is 1. The van der Waals surface area contributed by atoms with Crippen LogP contribution in [0.4, 0.5) is 0 Å². The number of nitrogens with one attached hydrogen (secondary N) is 1. The van der Waals surface area contributed by atoms with Crippen LogP contribution in [-0.2, 0) is 9.59 Å². The van der Waals surface area contributed by atoms with Crippen molar-refractivity contribution in [2.24, 2.45) is 17.6 Å². The molecule has 1 aliphatic heterocycles. The Balaban J connectivity index is 1.54. The first-order valence-electron chi connectivity index (χ1n) is 8.78. The van der Waals surface area contributed by atoms with Crippen LogP contribution in [0.25, 0.3) is 0 Å². The topological polar surface area (TPSA) is 139 Å². The summed E-state index contributed by atoms with van der Waals surface area (Å²) in [5, 5.41) is 13.0. The molecule has 2 heterocycles. The lowest BCUT2D eigenvalue weighted by Crippen LogP contribution is -2.44. The van der Waals surface area contributed by atoms with Gasteiger partial charge >= 0.3 is 0 Å². The third kappa shape index (κ3) is 3.98. The number of amides is 3. The molecular weight excluding hydrogens is 338 g/mol. The number of carbonyl (C=O) groups excluding carboxylic acids is 3. The third-order valence-electron chi connectivity index (χ3n) is 5.20. The second-order valence-electron chi connectivity index (χ2n) is 6.91. The van der Waals surface area contributed by atoms with Gasteiger partial charge < -0.3 is 21.1 Å². The van der Waals surface area contributed by atoms with E-state index in [4.69, 9.17) is 5.73 Å². The minimum Gasteiger partial charge on any atom is -0.391 e. The van der Waals surface area contributed by atoms with Crippen LogP contribution < -0.4 is 11.1 Å². The van der Waals surface area contributed by atoms with Gasteiger partial charge in [0.25, 0.3) is 5.91 Å². The van der Waals surface area contributed by atoms with Gasteiger partial charge in [0, 0.05) is 37.3 Å². The molecule has 1 saturated heterocycles. The fourth-order valence-corrected chi connectivity index (χ4v) is 3.67. The van der Waals surface area contributed by atoms with Crippen molar-refractivity contribution < 1.29 is 19.5 Å². The minimum atomic E-state index is -0.785. The van der Waals surface area contributed by atoms with E-state index in [9.17, 15) is 19.5 Å². The highest BCUT2D eigenvalue weighted by Crippen LogP contribution is 2.29. The first kappa shape index (κ1) is 18.2. The molecule has 3 atom stereocenters. The van der Waals surface area contributed by atoms with Gasteiger partial charge in [0.05, 0.1) is 18.3 Å². The molecule has 1 saturated carbocycles. The fraction of sp³-hybridized carbons (Fsp3) is 0.588. The molecule has 9 nitrogen and oxygen atoms in total. The lowest BCUT2D eigenvalue weighted by molar-refractivity contribution is -0.138. The van der Waals surface area contributed by atoms with E-state index in [2.05, 4.69) is 15.3 Å². The van der Waals surface area contributed by atoms with E-state index in [1.807, 2.05) is 0 Å². The molecule has 0 unspecified atom stereocenters. The van der Waals surface area contributed by atoms with Crippen LogP contribution in [0.3, 0.4) is 0 Å². The highest BCUT2D eigenvalue weighted by molar-refractivity contribution is 5.92. The lowest BCUT2D eigenvalue weighted by Gasteiger charge is -2.32. The molecule has 0 aromatic carbocycles. The number of aliphatic hydroxyl groups is 1. The van der Waals surface area contributed by atoms with Crippen LogP contribution in [0.5, 0.6) is 0 Å². The van der Waals surface area contributed by atoms with Crippen LogP contribution in [0.1, 0.15) is 36.2 Å². The molecule has 1 aromatic heterocycles. The summed E-state index contributed by atoms with van der Waals surface area (Å²) < 4.78 is 0. The summed E-state index contributed by atoms with van der Waals surface area (Å²) in [7, 11) is 0. The Labute approximate surface area is 151 Å². The maximum atomic E-state index is 12.7. The third-order valence-corrected chi connectivity index (χ3v) is 5.20. The molecule has 1 aliphatic carbocycles. The monoisotopic (exact) mass is 361 g/mol. The molecule has 4 N–H and O–H groups in total.